The molecule has 5 heteroatoms. The predicted molar refractivity (Wildman–Crippen MR) is 117 cm³/mol. The van der Waals surface area contributed by atoms with Crippen molar-refractivity contribution in [2.24, 2.45) is 5.10 Å². The van der Waals surface area contributed by atoms with Gasteiger partial charge in [0.2, 0.25) is 0 Å². The van der Waals surface area contributed by atoms with Crippen LogP contribution in [0.4, 0.5) is 0 Å². The number of quaternary nitrogens is 1. The lowest BCUT2D eigenvalue weighted by Gasteiger charge is -2.30. The van der Waals surface area contributed by atoms with E-state index in [1.807, 2.05) is 19.1 Å². The molecule has 3 aromatic carbocycles. The van der Waals surface area contributed by atoms with Gasteiger partial charge in [-0.15, -0.1) is 0 Å². The van der Waals surface area contributed by atoms with E-state index in [0.29, 0.717) is 17.9 Å². The molecule has 0 aromatic heterocycles. The minimum absolute atomic E-state index is 0.151. The molecule has 0 amide bonds. The Hall–Kier alpha value is -3.05. The second-order valence-corrected chi connectivity index (χ2v) is 7.39. The summed E-state index contributed by atoms with van der Waals surface area (Å²) in [4.78, 5) is 1.58. The lowest BCUT2D eigenvalue weighted by Crippen LogP contribution is -3.13. The Morgan fingerprint density at radius 1 is 1.03 bits per heavy atom. The monoisotopic (exact) mass is 390 g/mol. The number of hydrazone groups is 1. The van der Waals surface area contributed by atoms with Gasteiger partial charge in [-0.2, -0.15) is 5.10 Å². The van der Waals surface area contributed by atoms with Gasteiger partial charge < -0.3 is 14.7 Å². The van der Waals surface area contributed by atoms with Gasteiger partial charge in [-0.1, -0.05) is 48.5 Å². The fourth-order valence-electron chi connectivity index (χ4n) is 3.88. The number of ether oxygens (including phenoxy) is 1. The number of fused-ring (bicyclic) bond motifs is 1. The Morgan fingerprint density at radius 2 is 1.79 bits per heavy atom. The van der Waals surface area contributed by atoms with E-state index in [4.69, 9.17) is 4.74 Å². The molecular formula is C24H28N3O2+. The third-order valence-electron chi connectivity index (χ3n) is 5.46. The Morgan fingerprint density at radius 3 is 2.62 bits per heavy atom. The van der Waals surface area contributed by atoms with Gasteiger partial charge in [0.15, 0.2) is 11.5 Å². The number of piperazine rings is 1. The number of nitrogens with one attached hydrogen (secondary N) is 1. The lowest BCUT2D eigenvalue weighted by molar-refractivity contribution is -0.918. The van der Waals surface area contributed by atoms with Crippen LogP contribution in [0.3, 0.4) is 0 Å². The van der Waals surface area contributed by atoms with E-state index in [0.717, 1.165) is 32.7 Å². The Kier molecular flexibility index (Phi) is 5.96. The van der Waals surface area contributed by atoms with Gasteiger partial charge in [-0.3, -0.25) is 5.01 Å². The van der Waals surface area contributed by atoms with Crippen molar-refractivity contribution in [3.05, 3.63) is 71.8 Å². The minimum Gasteiger partial charge on any atom is -0.504 e. The quantitative estimate of drug-likeness (QED) is 0.637. The maximum Gasteiger partial charge on any atom is 0.166 e. The van der Waals surface area contributed by atoms with Crippen LogP contribution in [0.15, 0.2) is 65.8 Å². The van der Waals surface area contributed by atoms with Crippen molar-refractivity contribution < 1.29 is 14.7 Å². The second kappa shape index (κ2) is 8.97. The molecule has 1 saturated heterocycles. The second-order valence-electron chi connectivity index (χ2n) is 7.39. The fraction of sp³-hybridized carbons (Fsp3) is 0.292. The number of rotatable bonds is 6. The smallest absolute Gasteiger partial charge is 0.166 e. The number of benzene rings is 3. The van der Waals surface area contributed by atoms with Crippen LogP contribution in [0.2, 0.25) is 0 Å². The van der Waals surface area contributed by atoms with Crippen LogP contribution >= 0.6 is 0 Å². The zero-order valence-electron chi connectivity index (χ0n) is 16.8. The number of para-hydroxylation sites is 1. The summed E-state index contributed by atoms with van der Waals surface area (Å²) in [7, 11) is 0. The summed E-state index contributed by atoms with van der Waals surface area (Å²) in [5.41, 5.74) is 2.09. The van der Waals surface area contributed by atoms with Gasteiger partial charge in [-0.05, 0) is 29.8 Å². The normalized spacial score (nSPS) is 15.3. The van der Waals surface area contributed by atoms with Crippen molar-refractivity contribution in [2.45, 2.75) is 13.5 Å². The Bertz CT molecular complexity index is 989. The predicted octanol–water partition coefficient (Wildman–Crippen LogP) is 2.68. The van der Waals surface area contributed by atoms with Crippen LogP contribution < -0.4 is 9.64 Å². The summed E-state index contributed by atoms with van der Waals surface area (Å²) < 4.78 is 5.44. The van der Waals surface area contributed by atoms with Crippen LogP contribution in [0.5, 0.6) is 11.5 Å². The maximum absolute atomic E-state index is 10.3. The number of phenols is 1. The number of nitrogens with zero attached hydrogens (tertiary/aromatic N) is 2. The van der Waals surface area contributed by atoms with Crippen molar-refractivity contribution in [1.29, 1.82) is 0 Å². The van der Waals surface area contributed by atoms with Crippen LogP contribution in [0, 0.1) is 0 Å². The van der Waals surface area contributed by atoms with Crippen molar-refractivity contribution in [3.8, 4) is 11.5 Å². The highest BCUT2D eigenvalue weighted by Gasteiger charge is 2.19. The van der Waals surface area contributed by atoms with E-state index in [-0.39, 0.29) is 5.75 Å². The molecule has 2 N–H and O–H groups in total. The van der Waals surface area contributed by atoms with Gasteiger partial charge in [0.05, 0.1) is 39.0 Å². The first-order chi connectivity index (χ1) is 14.2. The molecule has 1 aliphatic rings. The van der Waals surface area contributed by atoms with E-state index < -0.39 is 0 Å². The van der Waals surface area contributed by atoms with Crippen LogP contribution in [-0.4, -0.2) is 49.1 Å². The third-order valence-corrected chi connectivity index (χ3v) is 5.46. The molecule has 1 aliphatic heterocycles. The molecule has 1 heterocycles. The number of aromatic hydroxyl groups is 1. The summed E-state index contributed by atoms with van der Waals surface area (Å²) in [6, 6.07) is 20.7. The number of hydrogen-bond donors (Lipinski definition) is 2. The van der Waals surface area contributed by atoms with E-state index >= 15 is 0 Å². The molecule has 4 rings (SSSR count). The number of hydrogen-bond acceptors (Lipinski definition) is 4. The van der Waals surface area contributed by atoms with Crippen LogP contribution in [0.1, 0.15) is 18.1 Å². The fourth-order valence-corrected chi connectivity index (χ4v) is 3.88. The van der Waals surface area contributed by atoms with Crippen molar-refractivity contribution >= 4 is 17.0 Å². The first-order valence-electron chi connectivity index (χ1n) is 10.3. The zero-order valence-corrected chi connectivity index (χ0v) is 16.8. The molecule has 0 saturated carbocycles. The molecule has 0 aliphatic carbocycles. The summed E-state index contributed by atoms with van der Waals surface area (Å²) >= 11 is 0. The van der Waals surface area contributed by atoms with Gasteiger partial charge in [-0.25, -0.2) is 0 Å². The average Bonchev–Trinajstić information content (AvgIpc) is 2.76. The molecule has 0 spiro atoms. The van der Waals surface area contributed by atoms with Gasteiger partial charge in [0, 0.05) is 11.1 Å². The van der Waals surface area contributed by atoms with Crippen molar-refractivity contribution in [3.63, 3.8) is 0 Å². The molecule has 0 bridgehead atoms. The highest BCUT2D eigenvalue weighted by molar-refractivity contribution is 5.85. The third kappa shape index (κ3) is 4.51. The summed E-state index contributed by atoms with van der Waals surface area (Å²) in [6.45, 7) is 7.37. The van der Waals surface area contributed by atoms with Crippen molar-refractivity contribution in [2.75, 3.05) is 32.8 Å². The molecule has 1 fully saturated rings. The molecule has 150 valence electrons. The zero-order chi connectivity index (χ0) is 20.1. The first-order valence-corrected chi connectivity index (χ1v) is 10.3. The minimum atomic E-state index is 0.151. The lowest BCUT2D eigenvalue weighted by atomic mass is 10.0. The van der Waals surface area contributed by atoms with Crippen molar-refractivity contribution in [1.82, 2.24) is 5.01 Å². The summed E-state index contributed by atoms with van der Waals surface area (Å²) in [5, 5.41) is 19.6. The molecule has 5 nitrogen and oxygen atoms in total. The first kappa shape index (κ1) is 19.3. The molecule has 0 atom stereocenters. The Balaban J connectivity index is 1.36. The summed E-state index contributed by atoms with van der Waals surface area (Å²) in [5.74, 6) is 0.652. The largest absolute Gasteiger partial charge is 0.504 e. The molecular weight excluding hydrogens is 362 g/mol. The summed E-state index contributed by atoms with van der Waals surface area (Å²) in [6.07, 6.45) is 1.73. The van der Waals surface area contributed by atoms with Crippen LogP contribution in [-0.2, 0) is 6.54 Å². The highest BCUT2D eigenvalue weighted by Crippen LogP contribution is 2.28. The molecule has 29 heavy (non-hydrogen) atoms. The van der Waals surface area contributed by atoms with E-state index in [9.17, 15) is 5.11 Å². The molecule has 0 unspecified atom stereocenters. The highest BCUT2D eigenvalue weighted by atomic mass is 16.5. The molecule has 3 aromatic rings. The standard InChI is InChI=1S/C24H27N3O2/c1-2-29-23-12-6-9-20(24(23)28)17-25-27-15-13-26(14-16-27)18-21-10-5-8-19-7-3-4-11-22(19)21/h3-12,17,28H,2,13-16,18H2,1H3/p+1/b25-17+. The van der Waals surface area contributed by atoms with E-state index in [1.165, 1.54) is 16.3 Å². The average molecular weight is 391 g/mol. The topological polar surface area (TPSA) is 49.5 Å². The van der Waals surface area contributed by atoms with E-state index in [1.54, 1.807) is 17.2 Å². The molecule has 0 radical (unpaired) electrons. The Labute approximate surface area is 171 Å². The van der Waals surface area contributed by atoms with E-state index in [2.05, 4.69) is 52.6 Å². The maximum atomic E-state index is 10.3. The van der Waals surface area contributed by atoms with Crippen LogP contribution in [0.25, 0.3) is 10.8 Å². The van der Waals surface area contributed by atoms with Gasteiger partial charge >= 0.3 is 0 Å². The van der Waals surface area contributed by atoms with Gasteiger partial charge in [0.1, 0.15) is 6.54 Å². The SMILES string of the molecule is CCOc1cccc(/C=N/N2CC[NH+](Cc3cccc4ccccc34)CC2)c1O. The van der Waals surface area contributed by atoms with Gasteiger partial charge in [0.25, 0.3) is 0 Å². The number of phenolic OH excluding ortho intramolecular Hbond substituents is 1.